The molecular formula is C10H6N3. The molecule has 61 valence electrons. The molecule has 1 rings (SSSR count). The van der Waals surface area contributed by atoms with E-state index >= 15 is 0 Å². The van der Waals surface area contributed by atoms with Gasteiger partial charge in [-0.25, -0.2) is 0 Å². The predicted octanol–water partition coefficient (Wildman–Crippen LogP) is 1.36. The van der Waals surface area contributed by atoms with E-state index in [9.17, 15) is 0 Å². The van der Waals surface area contributed by atoms with Crippen molar-refractivity contribution in [3.8, 4) is 24.5 Å². The van der Waals surface area contributed by atoms with Gasteiger partial charge in [-0.05, 0) is 6.07 Å². The summed E-state index contributed by atoms with van der Waals surface area (Å²) in [5.41, 5.74) is 0.981. The van der Waals surface area contributed by atoms with Gasteiger partial charge in [0.05, 0.1) is 6.07 Å². The number of rotatable bonds is 2. The molecule has 0 fully saturated rings. The van der Waals surface area contributed by atoms with Crippen molar-refractivity contribution in [3.05, 3.63) is 29.4 Å². The van der Waals surface area contributed by atoms with Crippen molar-refractivity contribution in [3.63, 3.8) is 0 Å². The standard InChI is InChI=1S/C10H6N3/c1-2-3-8(6-11)9-4-5-13-10(9)7-12/h1,4-5,13H,3H2. The summed E-state index contributed by atoms with van der Waals surface area (Å²) in [7, 11) is 0. The van der Waals surface area contributed by atoms with Gasteiger partial charge in [0, 0.05) is 18.2 Å². The van der Waals surface area contributed by atoms with Gasteiger partial charge in [-0.1, -0.05) is 0 Å². The van der Waals surface area contributed by atoms with Crippen molar-refractivity contribution >= 4 is 0 Å². The molecule has 0 bridgehead atoms. The third-order valence-electron chi connectivity index (χ3n) is 1.60. The van der Waals surface area contributed by atoms with Gasteiger partial charge in [0.15, 0.2) is 0 Å². The molecule has 1 aromatic rings. The summed E-state index contributed by atoms with van der Waals surface area (Å²) < 4.78 is 0. The quantitative estimate of drug-likeness (QED) is 0.677. The molecule has 1 N–H and O–H groups in total. The second kappa shape index (κ2) is 4.00. The van der Waals surface area contributed by atoms with E-state index in [2.05, 4.69) is 10.9 Å². The molecule has 0 aliphatic carbocycles. The second-order valence-electron chi connectivity index (χ2n) is 2.35. The molecule has 0 aliphatic rings. The smallest absolute Gasteiger partial charge is 0.122 e. The van der Waals surface area contributed by atoms with Gasteiger partial charge < -0.3 is 4.98 Å². The number of hydrogen-bond donors (Lipinski definition) is 1. The van der Waals surface area contributed by atoms with Crippen molar-refractivity contribution < 1.29 is 0 Å². The van der Waals surface area contributed by atoms with E-state index in [-0.39, 0.29) is 6.42 Å². The number of aromatic amines is 1. The number of nitrogens with zero attached hydrogens (tertiary/aromatic N) is 2. The minimum Gasteiger partial charge on any atom is -0.353 e. The zero-order chi connectivity index (χ0) is 9.68. The normalized spacial score (nSPS) is 8.77. The van der Waals surface area contributed by atoms with Crippen LogP contribution in [0.15, 0.2) is 12.3 Å². The highest BCUT2D eigenvalue weighted by Crippen LogP contribution is 2.19. The fraction of sp³-hybridized carbons (Fsp3) is 0.100. The monoisotopic (exact) mass is 168 g/mol. The highest BCUT2D eigenvalue weighted by molar-refractivity contribution is 5.48. The van der Waals surface area contributed by atoms with Crippen LogP contribution in [0.25, 0.3) is 0 Å². The van der Waals surface area contributed by atoms with Crippen LogP contribution in [0, 0.1) is 40.9 Å². The Balaban J connectivity index is 3.02. The Morgan fingerprint density at radius 3 is 2.85 bits per heavy atom. The maximum atomic E-state index is 8.74. The maximum Gasteiger partial charge on any atom is 0.122 e. The summed E-state index contributed by atoms with van der Waals surface area (Å²) >= 11 is 0. The molecule has 0 aliphatic heterocycles. The largest absolute Gasteiger partial charge is 0.353 e. The lowest BCUT2D eigenvalue weighted by atomic mass is 9.98. The third-order valence-corrected chi connectivity index (χ3v) is 1.60. The first-order valence-corrected chi connectivity index (χ1v) is 3.60. The van der Waals surface area contributed by atoms with Crippen LogP contribution in [0.3, 0.4) is 0 Å². The van der Waals surface area contributed by atoms with Gasteiger partial charge in [0.25, 0.3) is 0 Å². The topological polar surface area (TPSA) is 63.4 Å². The third kappa shape index (κ3) is 1.70. The molecular weight excluding hydrogens is 162 g/mol. The van der Waals surface area contributed by atoms with Crippen LogP contribution >= 0.6 is 0 Å². The molecule has 3 heteroatoms. The van der Waals surface area contributed by atoms with Crippen molar-refractivity contribution in [2.75, 3.05) is 0 Å². The Bertz CT molecular complexity index is 409. The van der Waals surface area contributed by atoms with Crippen molar-refractivity contribution in [1.82, 2.24) is 4.98 Å². The number of terminal acetylenes is 1. The first kappa shape index (κ1) is 8.91. The number of nitrogens with one attached hydrogen (secondary N) is 1. The Morgan fingerprint density at radius 1 is 1.54 bits per heavy atom. The molecule has 0 atom stereocenters. The summed E-state index contributed by atoms with van der Waals surface area (Å²) in [5.74, 6) is 2.82. The van der Waals surface area contributed by atoms with Crippen molar-refractivity contribution in [2.24, 2.45) is 0 Å². The number of aromatic nitrogens is 1. The van der Waals surface area contributed by atoms with E-state index in [1.54, 1.807) is 12.3 Å². The summed E-state index contributed by atoms with van der Waals surface area (Å²) in [6.45, 7) is 0. The van der Waals surface area contributed by atoms with E-state index in [1.165, 1.54) is 0 Å². The fourth-order valence-corrected chi connectivity index (χ4v) is 1.01. The summed E-state index contributed by atoms with van der Waals surface area (Å²) in [5, 5.41) is 17.4. The van der Waals surface area contributed by atoms with E-state index in [4.69, 9.17) is 16.9 Å². The molecule has 0 unspecified atom stereocenters. The Kier molecular flexibility index (Phi) is 2.74. The summed E-state index contributed by atoms with van der Waals surface area (Å²) in [6.07, 6.45) is 6.95. The van der Waals surface area contributed by atoms with E-state index < -0.39 is 0 Å². The number of hydrogen-bond acceptors (Lipinski definition) is 2. The SMILES string of the molecule is C#CC[C](C#N)c1cc[nH]c1C#N. The lowest BCUT2D eigenvalue weighted by Crippen LogP contribution is -1.96. The average molecular weight is 168 g/mol. The van der Waals surface area contributed by atoms with Crippen LogP contribution in [0.5, 0.6) is 0 Å². The molecule has 0 saturated heterocycles. The Morgan fingerprint density at radius 2 is 2.31 bits per heavy atom. The molecule has 0 amide bonds. The highest BCUT2D eigenvalue weighted by atomic mass is 14.7. The highest BCUT2D eigenvalue weighted by Gasteiger charge is 2.15. The molecule has 13 heavy (non-hydrogen) atoms. The van der Waals surface area contributed by atoms with Crippen LogP contribution in [-0.2, 0) is 0 Å². The molecule has 0 saturated carbocycles. The van der Waals surface area contributed by atoms with Gasteiger partial charge >= 0.3 is 0 Å². The first-order chi connectivity index (χ1) is 6.33. The van der Waals surface area contributed by atoms with Gasteiger partial charge in [0.1, 0.15) is 17.7 Å². The maximum absolute atomic E-state index is 8.74. The van der Waals surface area contributed by atoms with Gasteiger partial charge in [-0.15, -0.1) is 12.3 Å². The lowest BCUT2D eigenvalue weighted by molar-refractivity contribution is 1.13. The summed E-state index contributed by atoms with van der Waals surface area (Å²) in [6, 6.07) is 5.61. The van der Waals surface area contributed by atoms with Crippen LogP contribution in [-0.4, -0.2) is 4.98 Å². The number of nitriles is 2. The van der Waals surface area contributed by atoms with Gasteiger partial charge in [-0.3, -0.25) is 0 Å². The molecule has 0 spiro atoms. The minimum absolute atomic E-state index is 0.253. The predicted molar refractivity (Wildman–Crippen MR) is 46.9 cm³/mol. The molecule has 1 radical (unpaired) electrons. The van der Waals surface area contributed by atoms with E-state index in [1.807, 2.05) is 12.1 Å². The Hall–Kier alpha value is -2.18. The second-order valence-corrected chi connectivity index (χ2v) is 2.35. The van der Waals surface area contributed by atoms with E-state index in [0.717, 1.165) is 0 Å². The average Bonchev–Trinajstić information content (AvgIpc) is 2.61. The van der Waals surface area contributed by atoms with Crippen LogP contribution < -0.4 is 0 Å². The van der Waals surface area contributed by atoms with Gasteiger partial charge in [0.2, 0.25) is 0 Å². The molecule has 0 aromatic carbocycles. The van der Waals surface area contributed by atoms with Gasteiger partial charge in [-0.2, -0.15) is 10.5 Å². The first-order valence-electron chi connectivity index (χ1n) is 3.60. The molecule has 1 heterocycles. The van der Waals surface area contributed by atoms with Crippen LogP contribution in [0.2, 0.25) is 0 Å². The van der Waals surface area contributed by atoms with Crippen molar-refractivity contribution in [1.29, 1.82) is 10.5 Å². The minimum atomic E-state index is 0.253. The van der Waals surface area contributed by atoms with Crippen molar-refractivity contribution in [2.45, 2.75) is 6.42 Å². The number of H-pyrrole nitrogens is 1. The van der Waals surface area contributed by atoms with Crippen LogP contribution in [0.4, 0.5) is 0 Å². The fourth-order valence-electron chi connectivity index (χ4n) is 1.01. The lowest BCUT2D eigenvalue weighted by Gasteiger charge is -2.00. The van der Waals surface area contributed by atoms with E-state index in [0.29, 0.717) is 17.2 Å². The summed E-state index contributed by atoms with van der Waals surface area (Å²) in [4.78, 5) is 2.73. The zero-order valence-electron chi connectivity index (χ0n) is 6.83. The zero-order valence-corrected chi connectivity index (χ0v) is 6.83. The van der Waals surface area contributed by atoms with Crippen LogP contribution in [0.1, 0.15) is 17.7 Å². The Labute approximate surface area is 76.6 Å². The molecule has 1 aromatic heterocycles. The molecule has 3 nitrogen and oxygen atoms in total.